The van der Waals surface area contributed by atoms with Crippen molar-refractivity contribution in [2.75, 3.05) is 0 Å². The molecule has 1 saturated carbocycles. The second-order valence-corrected chi connectivity index (χ2v) is 7.57. The minimum atomic E-state index is -0.495. The van der Waals surface area contributed by atoms with Gasteiger partial charge in [-0.3, -0.25) is 0 Å². The highest BCUT2D eigenvalue weighted by Crippen LogP contribution is 2.44. The average molecular weight is 318 g/mol. The zero-order chi connectivity index (χ0) is 16.4. The lowest BCUT2D eigenvalue weighted by Gasteiger charge is -2.36. The summed E-state index contributed by atoms with van der Waals surface area (Å²) >= 11 is 0. The summed E-state index contributed by atoms with van der Waals surface area (Å²) in [5, 5.41) is 0. The van der Waals surface area contributed by atoms with Crippen LogP contribution in [0.15, 0.2) is 23.8 Å². The Balaban J connectivity index is 1.70. The smallest absolute Gasteiger partial charge is 0.133 e. The molecule has 0 amide bonds. The van der Waals surface area contributed by atoms with Crippen molar-refractivity contribution in [2.24, 2.45) is 17.8 Å². The maximum Gasteiger partial charge on any atom is 0.133 e. The fraction of sp³-hybridized carbons (Fsp3) is 0.619. The van der Waals surface area contributed by atoms with E-state index in [0.29, 0.717) is 5.56 Å². The van der Waals surface area contributed by atoms with Gasteiger partial charge in [-0.05, 0) is 74.5 Å². The van der Waals surface area contributed by atoms with Crippen LogP contribution in [0.2, 0.25) is 0 Å². The molecule has 1 fully saturated rings. The summed E-state index contributed by atoms with van der Waals surface area (Å²) < 4.78 is 27.2. The van der Waals surface area contributed by atoms with Crippen LogP contribution in [0.3, 0.4) is 0 Å². The van der Waals surface area contributed by atoms with Crippen LogP contribution in [0.5, 0.6) is 0 Å². The molecule has 23 heavy (non-hydrogen) atoms. The largest absolute Gasteiger partial charge is 0.207 e. The van der Waals surface area contributed by atoms with E-state index in [0.717, 1.165) is 48.7 Å². The van der Waals surface area contributed by atoms with Crippen molar-refractivity contribution in [3.8, 4) is 0 Å². The summed E-state index contributed by atoms with van der Waals surface area (Å²) in [5.41, 5.74) is 3.03. The first-order valence-electron chi connectivity index (χ1n) is 9.22. The van der Waals surface area contributed by atoms with Gasteiger partial charge in [-0.2, -0.15) is 0 Å². The van der Waals surface area contributed by atoms with E-state index >= 15 is 0 Å². The predicted molar refractivity (Wildman–Crippen MR) is 92.0 cm³/mol. The first-order valence-corrected chi connectivity index (χ1v) is 9.22. The molecule has 0 radical (unpaired) electrons. The molecule has 126 valence electrons. The quantitative estimate of drug-likeness (QED) is 0.578. The fourth-order valence-corrected chi connectivity index (χ4v) is 4.73. The van der Waals surface area contributed by atoms with E-state index in [2.05, 4.69) is 13.8 Å². The highest BCUT2D eigenvalue weighted by molar-refractivity contribution is 5.69. The van der Waals surface area contributed by atoms with Crippen LogP contribution in [0.4, 0.5) is 8.78 Å². The fourth-order valence-electron chi connectivity index (χ4n) is 4.73. The van der Waals surface area contributed by atoms with Gasteiger partial charge in [0, 0.05) is 11.6 Å². The van der Waals surface area contributed by atoms with E-state index in [9.17, 15) is 8.78 Å². The van der Waals surface area contributed by atoms with Crippen molar-refractivity contribution in [2.45, 2.75) is 65.2 Å². The standard InChI is InChI=1S/C21H28F2/c1-3-15-4-6-16(7-5-15)17-8-10-19(14(2)12-17)20-11-9-18(22)13-21(20)23/h9,11,13,15-17H,3-8,10,12H2,1-2H3. The topological polar surface area (TPSA) is 0 Å². The summed E-state index contributed by atoms with van der Waals surface area (Å²) in [7, 11) is 0. The van der Waals surface area contributed by atoms with Crippen molar-refractivity contribution in [1.82, 2.24) is 0 Å². The summed E-state index contributed by atoms with van der Waals surface area (Å²) in [6.45, 7) is 4.45. The van der Waals surface area contributed by atoms with Gasteiger partial charge in [0.1, 0.15) is 11.6 Å². The van der Waals surface area contributed by atoms with Crippen LogP contribution in [-0.2, 0) is 0 Å². The molecule has 2 aliphatic carbocycles. The van der Waals surface area contributed by atoms with E-state index in [-0.39, 0.29) is 0 Å². The monoisotopic (exact) mass is 318 g/mol. The molecule has 0 spiro atoms. The summed E-state index contributed by atoms with van der Waals surface area (Å²) in [5.74, 6) is 1.65. The first kappa shape index (κ1) is 16.7. The molecule has 0 nitrogen and oxygen atoms in total. The van der Waals surface area contributed by atoms with Crippen LogP contribution in [0, 0.1) is 29.4 Å². The summed E-state index contributed by atoms with van der Waals surface area (Å²) in [6, 6.07) is 3.99. The molecular formula is C21H28F2. The molecule has 1 aromatic rings. The minimum absolute atomic E-state index is 0.416. The number of rotatable bonds is 3. The Morgan fingerprint density at radius 2 is 1.74 bits per heavy atom. The third kappa shape index (κ3) is 3.67. The maximum absolute atomic E-state index is 14.1. The summed E-state index contributed by atoms with van der Waals surface area (Å²) in [6.07, 6.45) is 10.0. The normalized spacial score (nSPS) is 29.0. The van der Waals surface area contributed by atoms with E-state index in [1.165, 1.54) is 43.7 Å². The van der Waals surface area contributed by atoms with Crippen molar-refractivity contribution >= 4 is 5.57 Å². The Morgan fingerprint density at radius 3 is 2.35 bits per heavy atom. The Kier molecular flexibility index (Phi) is 5.18. The Labute approximate surface area is 139 Å². The Bertz CT molecular complexity index is 580. The van der Waals surface area contributed by atoms with Gasteiger partial charge in [0.05, 0.1) is 0 Å². The molecule has 0 aromatic heterocycles. The Hall–Kier alpha value is -1.18. The minimum Gasteiger partial charge on any atom is -0.207 e. The molecule has 0 bridgehead atoms. The molecule has 0 N–H and O–H groups in total. The van der Waals surface area contributed by atoms with Gasteiger partial charge in [0.2, 0.25) is 0 Å². The van der Waals surface area contributed by atoms with Gasteiger partial charge < -0.3 is 0 Å². The van der Waals surface area contributed by atoms with Gasteiger partial charge in [-0.15, -0.1) is 0 Å². The number of allylic oxidation sites excluding steroid dienone is 2. The predicted octanol–water partition coefficient (Wildman–Crippen LogP) is 6.75. The van der Waals surface area contributed by atoms with Gasteiger partial charge >= 0.3 is 0 Å². The van der Waals surface area contributed by atoms with Gasteiger partial charge in [0.25, 0.3) is 0 Å². The van der Waals surface area contributed by atoms with Crippen molar-refractivity contribution < 1.29 is 8.78 Å². The Morgan fingerprint density at radius 1 is 1.00 bits per heavy atom. The molecule has 0 heterocycles. The molecule has 1 aromatic carbocycles. The van der Waals surface area contributed by atoms with E-state index in [1.54, 1.807) is 6.07 Å². The lowest BCUT2D eigenvalue weighted by Crippen LogP contribution is -2.24. The third-order valence-electron chi connectivity index (χ3n) is 6.24. The number of hydrogen-bond donors (Lipinski definition) is 0. The second-order valence-electron chi connectivity index (χ2n) is 7.57. The third-order valence-corrected chi connectivity index (χ3v) is 6.24. The zero-order valence-corrected chi connectivity index (χ0v) is 14.4. The number of hydrogen-bond acceptors (Lipinski definition) is 0. The second kappa shape index (κ2) is 7.15. The van der Waals surface area contributed by atoms with E-state index < -0.39 is 11.6 Å². The first-order chi connectivity index (χ1) is 11.1. The van der Waals surface area contributed by atoms with Crippen LogP contribution in [0.1, 0.15) is 70.8 Å². The molecular weight excluding hydrogens is 290 g/mol. The van der Waals surface area contributed by atoms with Crippen molar-refractivity contribution in [3.05, 3.63) is 41.0 Å². The van der Waals surface area contributed by atoms with Crippen molar-refractivity contribution in [3.63, 3.8) is 0 Å². The van der Waals surface area contributed by atoms with Gasteiger partial charge in [-0.25, -0.2) is 8.78 Å². The molecule has 1 unspecified atom stereocenters. The molecule has 1 atom stereocenters. The van der Waals surface area contributed by atoms with Crippen LogP contribution in [0.25, 0.3) is 5.57 Å². The van der Waals surface area contributed by atoms with Gasteiger partial charge in [0.15, 0.2) is 0 Å². The SMILES string of the molecule is CCC1CCC(C2CCC(c3ccc(F)cc3F)=C(C)C2)CC1. The molecule has 0 aliphatic heterocycles. The van der Waals surface area contributed by atoms with E-state index in [1.807, 2.05) is 0 Å². The summed E-state index contributed by atoms with van der Waals surface area (Å²) in [4.78, 5) is 0. The molecule has 2 heteroatoms. The highest BCUT2D eigenvalue weighted by Gasteiger charge is 2.30. The van der Waals surface area contributed by atoms with E-state index in [4.69, 9.17) is 0 Å². The highest BCUT2D eigenvalue weighted by atomic mass is 19.1. The maximum atomic E-state index is 14.1. The lowest BCUT2D eigenvalue weighted by molar-refractivity contribution is 0.190. The van der Waals surface area contributed by atoms with Crippen molar-refractivity contribution in [1.29, 1.82) is 0 Å². The molecule has 2 aliphatic rings. The number of halogens is 2. The molecule has 3 rings (SSSR count). The molecule has 0 saturated heterocycles. The van der Waals surface area contributed by atoms with Gasteiger partial charge in [-0.1, -0.05) is 31.8 Å². The van der Waals surface area contributed by atoms with Crippen LogP contribution in [-0.4, -0.2) is 0 Å². The van der Waals surface area contributed by atoms with Crippen LogP contribution >= 0.6 is 0 Å². The van der Waals surface area contributed by atoms with Crippen LogP contribution < -0.4 is 0 Å². The zero-order valence-electron chi connectivity index (χ0n) is 14.4. The lowest BCUT2D eigenvalue weighted by atomic mass is 9.69. The number of benzene rings is 1. The average Bonchev–Trinajstić information content (AvgIpc) is 2.55.